The predicted molar refractivity (Wildman–Crippen MR) is 98.5 cm³/mol. The number of carbonyl (C=O) groups excluding carboxylic acids is 1. The number of rotatable bonds is 3. The van der Waals surface area contributed by atoms with E-state index in [1.165, 1.54) is 6.42 Å². The second kappa shape index (κ2) is 9.06. The van der Waals surface area contributed by atoms with Crippen molar-refractivity contribution in [1.29, 1.82) is 0 Å². The maximum atomic E-state index is 12.6. The van der Waals surface area contributed by atoms with Crippen LogP contribution in [0.1, 0.15) is 29.8 Å². The van der Waals surface area contributed by atoms with Gasteiger partial charge in [0, 0.05) is 18.5 Å². The topological polar surface area (TPSA) is 59.2 Å². The number of amides is 1. The van der Waals surface area contributed by atoms with Crippen LogP contribution in [0.2, 0.25) is 0 Å². The molecular formula is C17H23Cl2N3O. The van der Waals surface area contributed by atoms with Crippen molar-refractivity contribution in [3.8, 4) is 0 Å². The minimum atomic E-state index is 0. The van der Waals surface area contributed by atoms with Gasteiger partial charge in [-0.25, -0.2) is 4.98 Å². The van der Waals surface area contributed by atoms with E-state index in [4.69, 9.17) is 5.73 Å². The van der Waals surface area contributed by atoms with Crippen LogP contribution in [0.25, 0.3) is 10.9 Å². The van der Waals surface area contributed by atoms with Crippen LogP contribution < -0.4 is 5.73 Å². The number of hydrogen-bond donors (Lipinski definition) is 1. The minimum absolute atomic E-state index is 0. The monoisotopic (exact) mass is 355 g/mol. The average Bonchev–Trinajstić information content (AvgIpc) is 2.54. The van der Waals surface area contributed by atoms with E-state index in [-0.39, 0.29) is 30.7 Å². The van der Waals surface area contributed by atoms with Crippen LogP contribution in [-0.2, 0) is 0 Å². The highest BCUT2D eigenvalue weighted by molar-refractivity contribution is 5.95. The summed E-state index contributed by atoms with van der Waals surface area (Å²) in [5.74, 6) is 0.579. The lowest BCUT2D eigenvalue weighted by Crippen LogP contribution is -2.40. The molecule has 3 rings (SSSR count). The number of likely N-dealkylation sites (tertiary alicyclic amines) is 1. The molecule has 0 radical (unpaired) electrons. The van der Waals surface area contributed by atoms with Crippen LogP contribution in [-0.4, -0.2) is 35.4 Å². The Hall–Kier alpha value is -1.36. The molecule has 4 nitrogen and oxygen atoms in total. The Morgan fingerprint density at radius 1 is 1.22 bits per heavy atom. The second-order valence-electron chi connectivity index (χ2n) is 5.73. The summed E-state index contributed by atoms with van der Waals surface area (Å²) in [4.78, 5) is 19.1. The Kier molecular flexibility index (Phi) is 7.76. The lowest BCUT2D eigenvalue weighted by atomic mass is 9.94. The SMILES string of the molecule is Cl.Cl.NCCC1CCCN(C(=O)c2ccc3ccccc3n2)C1. The van der Waals surface area contributed by atoms with E-state index in [1.807, 2.05) is 41.3 Å². The molecule has 126 valence electrons. The molecule has 0 spiro atoms. The molecule has 2 heterocycles. The normalized spacial score (nSPS) is 17.3. The zero-order valence-corrected chi connectivity index (χ0v) is 14.6. The third-order valence-corrected chi connectivity index (χ3v) is 4.20. The molecule has 2 aromatic rings. The van der Waals surface area contributed by atoms with Crippen molar-refractivity contribution in [3.05, 3.63) is 42.1 Å². The van der Waals surface area contributed by atoms with Gasteiger partial charge < -0.3 is 10.6 Å². The summed E-state index contributed by atoms with van der Waals surface area (Å²) >= 11 is 0. The van der Waals surface area contributed by atoms with E-state index in [9.17, 15) is 4.79 Å². The number of fused-ring (bicyclic) bond motifs is 1. The molecule has 1 atom stereocenters. The largest absolute Gasteiger partial charge is 0.337 e. The van der Waals surface area contributed by atoms with Crippen molar-refractivity contribution in [1.82, 2.24) is 9.88 Å². The molecule has 0 saturated carbocycles. The second-order valence-corrected chi connectivity index (χ2v) is 5.73. The highest BCUT2D eigenvalue weighted by Gasteiger charge is 2.24. The summed E-state index contributed by atoms with van der Waals surface area (Å²) in [5, 5.41) is 1.06. The van der Waals surface area contributed by atoms with Crippen molar-refractivity contribution in [3.63, 3.8) is 0 Å². The Bertz CT molecular complexity index is 649. The molecule has 1 saturated heterocycles. The maximum Gasteiger partial charge on any atom is 0.272 e. The average molecular weight is 356 g/mol. The lowest BCUT2D eigenvalue weighted by molar-refractivity contribution is 0.0664. The molecule has 1 aliphatic rings. The predicted octanol–water partition coefficient (Wildman–Crippen LogP) is 3.28. The van der Waals surface area contributed by atoms with Crippen molar-refractivity contribution in [2.45, 2.75) is 19.3 Å². The van der Waals surface area contributed by atoms with Crippen LogP contribution >= 0.6 is 24.8 Å². The summed E-state index contributed by atoms with van der Waals surface area (Å²) in [6.07, 6.45) is 3.23. The van der Waals surface area contributed by atoms with Crippen LogP contribution in [0.4, 0.5) is 0 Å². The van der Waals surface area contributed by atoms with Gasteiger partial charge in [-0.1, -0.05) is 24.3 Å². The molecule has 1 aromatic heterocycles. The fraction of sp³-hybridized carbons (Fsp3) is 0.412. The number of halogens is 2. The highest BCUT2D eigenvalue weighted by atomic mass is 35.5. The summed E-state index contributed by atoms with van der Waals surface area (Å²) in [7, 11) is 0. The van der Waals surface area contributed by atoms with Crippen LogP contribution in [0, 0.1) is 5.92 Å². The molecule has 0 bridgehead atoms. The van der Waals surface area contributed by atoms with E-state index in [0.717, 1.165) is 36.8 Å². The third-order valence-electron chi connectivity index (χ3n) is 4.20. The molecule has 1 aromatic carbocycles. The summed E-state index contributed by atoms with van der Waals surface area (Å²) < 4.78 is 0. The standard InChI is InChI=1S/C17H21N3O.2ClH/c18-10-9-13-4-3-11-20(12-13)17(21)16-8-7-14-5-1-2-6-15(14)19-16;;/h1-2,5-8,13H,3-4,9-12,18H2;2*1H. The summed E-state index contributed by atoms with van der Waals surface area (Å²) in [5.41, 5.74) is 7.06. The van der Waals surface area contributed by atoms with Gasteiger partial charge in [0.2, 0.25) is 0 Å². The maximum absolute atomic E-state index is 12.6. The van der Waals surface area contributed by atoms with Crippen molar-refractivity contribution >= 4 is 41.6 Å². The summed E-state index contributed by atoms with van der Waals surface area (Å²) in [6, 6.07) is 11.7. The number of hydrogen-bond acceptors (Lipinski definition) is 3. The smallest absolute Gasteiger partial charge is 0.272 e. The Labute approximate surface area is 149 Å². The zero-order valence-electron chi connectivity index (χ0n) is 13.0. The first-order chi connectivity index (χ1) is 10.3. The van der Waals surface area contributed by atoms with Gasteiger partial charge in [0.1, 0.15) is 5.69 Å². The minimum Gasteiger partial charge on any atom is -0.337 e. The third kappa shape index (κ3) is 4.56. The highest BCUT2D eigenvalue weighted by Crippen LogP contribution is 2.21. The molecule has 1 fully saturated rings. The van der Waals surface area contributed by atoms with Crippen LogP contribution in [0.5, 0.6) is 0 Å². The summed E-state index contributed by atoms with van der Waals surface area (Å²) in [6.45, 7) is 2.33. The zero-order chi connectivity index (χ0) is 14.7. The van der Waals surface area contributed by atoms with Gasteiger partial charge in [0.15, 0.2) is 0 Å². The molecule has 1 amide bonds. The number of piperidine rings is 1. The molecule has 23 heavy (non-hydrogen) atoms. The number of pyridine rings is 1. The fourth-order valence-electron chi connectivity index (χ4n) is 3.07. The van der Waals surface area contributed by atoms with Gasteiger partial charge in [0.05, 0.1) is 5.52 Å². The number of benzene rings is 1. The van der Waals surface area contributed by atoms with Crippen LogP contribution in [0.3, 0.4) is 0 Å². The van der Waals surface area contributed by atoms with Crippen molar-refractivity contribution in [2.24, 2.45) is 11.7 Å². The van der Waals surface area contributed by atoms with Crippen LogP contribution in [0.15, 0.2) is 36.4 Å². The number of aromatic nitrogens is 1. The Morgan fingerprint density at radius 2 is 2.00 bits per heavy atom. The van der Waals surface area contributed by atoms with E-state index < -0.39 is 0 Å². The first kappa shape index (κ1) is 19.7. The van der Waals surface area contributed by atoms with E-state index >= 15 is 0 Å². The van der Waals surface area contributed by atoms with E-state index in [1.54, 1.807) is 0 Å². The van der Waals surface area contributed by atoms with Gasteiger partial charge in [-0.15, -0.1) is 24.8 Å². The first-order valence-electron chi connectivity index (χ1n) is 7.63. The molecule has 1 unspecified atom stereocenters. The molecule has 2 N–H and O–H groups in total. The number of carbonyl (C=O) groups is 1. The quantitative estimate of drug-likeness (QED) is 0.918. The first-order valence-corrected chi connectivity index (χ1v) is 7.63. The number of nitrogens with two attached hydrogens (primary N) is 1. The van der Waals surface area contributed by atoms with Gasteiger partial charge >= 0.3 is 0 Å². The van der Waals surface area contributed by atoms with Crippen molar-refractivity contribution in [2.75, 3.05) is 19.6 Å². The van der Waals surface area contributed by atoms with E-state index in [2.05, 4.69) is 4.98 Å². The molecule has 6 heteroatoms. The van der Waals surface area contributed by atoms with E-state index in [0.29, 0.717) is 18.2 Å². The van der Waals surface area contributed by atoms with Gasteiger partial charge in [0.25, 0.3) is 5.91 Å². The van der Waals surface area contributed by atoms with Crippen molar-refractivity contribution < 1.29 is 4.79 Å². The lowest BCUT2D eigenvalue weighted by Gasteiger charge is -2.32. The number of para-hydroxylation sites is 1. The molecule has 0 aliphatic carbocycles. The van der Waals surface area contributed by atoms with Gasteiger partial charge in [-0.05, 0) is 43.9 Å². The Morgan fingerprint density at radius 3 is 2.78 bits per heavy atom. The van der Waals surface area contributed by atoms with Gasteiger partial charge in [-0.2, -0.15) is 0 Å². The van der Waals surface area contributed by atoms with Gasteiger partial charge in [-0.3, -0.25) is 4.79 Å². The fourth-order valence-corrected chi connectivity index (χ4v) is 3.07. The Balaban J connectivity index is 0.00000132. The molecular weight excluding hydrogens is 333 g/mol. The molecule has 1 aliphatic heterocycles. The number of nitrogens with zero attached hydrogens (tertiary/aromatic N) is 2.